The fourth-order valence-corrected chi connectivity index (χ4v) is 1.03. The maximum absolute atomic E-state index is 11.5. The van der Waals surface area contributed by atoms with Crippen molar-refractivity contribution in [3.63, 3.8) is 0 Å². The molecule has 5 heteroatoms. The van der Waals surface area contributed by atoms with Crippen LogP contribution < -0.4 is 0 Å². The third-order valence-electron chi connectivity index (χ3n) is 1.75. The van der Waals surface area contributed by atoms with E-state index in [1.807, 2.05) is 0 Å². The van der Waals surface area contributed by atoms with Crippen molar-refractivity contribution in [2.75, 3.05) is 19.8 Å². The van der Waals surface area contributed by atoms with Crippen LogP contribution in [0.4, 0.5) is 4.79 Å². The van der Waals surface area contributed by atoms with Gasteiger partial charge in [-0.05, 0) is 26.3 Å². The fourth-order valence-electron chi connectivity index (χ4n) is 1.03. The second-order valence-corrected chi connectivity index (χ2v) is 4.34. The summed E-state index contributed by atoms with van der Waals surface area (Å²) < 4.78 is 5.12. The maximum atomic E-state index is 11.5. The smallest absolute Gasteiger partial charge is 0.434 e. The lowest BCUT2D eigenvalue weighted by Crippen LogP contribution is -2.39. The minimum Gasteiger partial charge on any atom is -0.442 e. The van der Waals surface area contributed by atoms with E-state index in [2.05, 4.69) is 0 Å². The van der Waals surface area contributed by atoms with Crippen LogP contribution in [-0.2, 0) is 9.57 Å². The van der Waals surface area contributed by atoms with Gasteiger partial charge in [0.1, 0.15) is 5.60 Å². The first kappa shape index (κ1) is 12.0. The first-order valence-corrected chi connectivity index (χ1v) is 4.84. The monoisotopic (exact) mass is 215 g/mol. The number of amides is 1. The molecule has 0 aromatic heterocycles. The molecule has 1 rings (SSSR count). The van der Waals surface area contributed by atoms with Crippen molar-refractivity contribution < 1.29 is 19.5 Å². The van der Waals surface area contributed by atoms with Crippen LogP contribution in [0.15, 0.2) is 11.6 Å². The van der Waals surface area contributed by atoms with Crippen molar-refractivity contribution in [1.29, 1.82) is 0 Å². The van der Waals surface area contributed by atoms with Crippen LogP contribution >= 0.6 is 0 Å². The molecule has 0 bridgehead atoms. The Morgan fingerprint density at radius 2 is 2.33 bits per heavy atom. The van der Waals surface area contributed by atoms with Crippen molar-refractivity contribution in [1.82, 2.24) is 5.06 Å². The van der Waals surface area contributed by atoms with Gasteiger partial charge in [0.15, 0.2) is 0 Å². The van der Waals surface area contributed by atoms with Crippen LogP contribution in [0.1, 0.15) is 20.8 Å². The zero-order valence-corrected chi connectivity index (χ0v) is 9.32. The number of hydrogen-bond donors (Lipinski definition) is 1. The van der Waals surface area contributed by atoms with E-state index in [0.29, 0.717) is 6.54 Å². The first-order valence-electron chi connectivity index (χ1n) is 4.84. The summed E-state index contributed by atoms with van der Waals surface area (Å²) in [6.45, 7) is 5.89. The number of aliphatic hydroxyl groups excluding tert-OH is 1. The molecule has 1 aliphatic heterocycles. The Labute approximate surface area is 89.2 Å². The van der Waals surface area contributed by atoms with E-state index in [1.165, 1.54) is 0 Å². The molecule has 0 aromatic rings. The predicted molar refractivity (Wildman–Crippen MR) is 54.1 cm³/mol. The lowest BCUT2D eigenvalue weighted by atomic mass is 10.2. The molecule has 5 nitrogen and oxygen atoms in total. The highest BCUT2D eigenvalue weighted by Crippen LogP contribution is 2.13. The fraction of sp³-hybridized carbons (Fsp3) is 0.700. The normalized spacial score (nSPS) is 17.3. The van der Waals surface area contributed by atoms with Crippen molar-refractivity contribution in [2.24, 2.45) is 0 Å². The molecule has 0 unspecified atom stereocenters. The van der Waals surface area contributed by atoms with Gasteiger partial charge in [-0.2, -0.15) is 5.06 Å². The summed E-state index contributed by atoms with van der Waals surface area (Å²) in [5.41, 5.74) is 0.247. The molecular formula is C10H17NO4. The average molecular weight is 215 g/mol. The third-order valence-corrected chi connectivity index (χ3v) is 1.75. The van der Waals surface area contributed by atoms with E-state index >= 15 is 0 Å². The van der Waals surface area contributed by atoms with Gasteiger partial charge < -0.3 is 9.84 Å². The quantitative estimate of drug-likeness (QED) is 0.665. The third kappa shape index (κ3) is 3.89. The van der Waals surface area contributed by atoms with Crippen LogP contribution in [0.5, 0.6) is 0 Å². The summed E-state index contributed by atoms with van der Waals surface area (Å²) in [6.07, 6.45) is 1.25. The summed E-state index contributed by atoms with van der Waals surface area (Å²) in [4.78, 5) is 16.6. The second-order valence-electron chi connectivity index (χ2n) is 4.34. The van der Waals surface area contributed by atoms with Crippen LogP contribution in [0.25, 0.3) is 0 Å². The Kier molecular flexibility index (Phi) is 3.71. The summed E-state index contributed by atoms with van der Waals surface area (Å²) in [6, 6.07) is 0. The van der Waals surface area contributed by atoms with Gasteiger partial charge in [-0.15, -0.1) is 0 Å². The van der Waals surface area contributed by atoms with E-state index in [0.717, 1.165) is 10.6 Å². The van der Waals surface area contributed by atoms with Crippen LogP contribution in [-0.4, -0.2) is 41.6 Å². The number of hydroxylamine groups is 2. The predicted octanol–water partition coefficient (Wildman–Crippen LogP) is 1.09. The molecule has 1 N–H and O–H groups in total. The molecule has 0 atom stereocenters. The first-order chi connectivity index (χ1) is 6.92. The van der Waals surface area contributed by atoms with Gasteiger partial charge in [-0.25, -0.2) is 4.79 Å². The Morgan fingerprint density at radius 3 is 2.73 bits per heavy atom. The molecule has 0 aromatic carbocycles. The molecule has 0 radical (unpaired) electrons. The average Bonchev–Trinajstić information content (AvgIpc) is 2.15. The molecule has 0 saturated carbocycles. The molecular weight excluding hydrogens is 198 g/mol. The molecule has 86 valence electrons. The van der Waals surface area contributed by atoms with Gasteiger partial charge in [0.05, 0.1) is 19.8 Å². The Morgan fingerprint density at radius 1 is 1.67 bits per heavy atom. The largest absolute Gasteiger partial charge is 0.442 e. The number of ether oxygens (including phenoxy) is 1. The zero-order chi connectivity index (χ0) is 11.5. The summed E-state index contributed by atoms with van der Waals surface area (Å²) >= 11 is 0. The number of aliphatic hydroxyl groups is 1. The van der Waals surface area contributed by atoms with Gasteiger partial charge in [0, 0.05) is 0 Å². The highest BCUT2D eigenvalue weighted by Gasteiger charge is 2.24. The van der Waals surface area contributed by atoms with Crippen molar-refractivity contribution >= 4 is 6.09 Å². The van der Waals surface area contributed by atoms with Crippen LogP contribution in [0, 0.1) is 0 Å². The molecule has 1 aliphatic rings. The van der Waals surface area contributed by atoms with Crippen LogP contribution in [0.2, 0.25) is 0 Å². The maximum Gasteiger partial charge on any atom is 0.434 e. The lowest BCUT2D eigenvalue weighted by Gasteiger charge is -2.28. The van der Waals surface area contributed by atoms with Crippen molar-refractivity contribution in [2.45, 2.75) is 26.4 Å². The zero-order valence-electron chi connectivity index (χ0n) is 9.32. The molecule has 15 heavy (non-hydrogen) atoms. The lowest BCUT2D eigenvalue weighted by molar-refractivity contribution is -0.140. The summed E-state index contributed by atoms with van der Waals surface area (Å²) in [7, 11) is 0. The van der Waals surface area contributed by atoms with Crippen molar-refractivity contribution in [3.8, 4) is 0 Å². The number of rotatable bonds is 1. The van der Waals surface area contributed by atoms with Crippen LogP contribution in [0.3, 0.4) is 0 Å². The standard InChI is InChI=1S/C10H17NO4/c1-10(2,3)15-9(13)11-5-4-8(6-12)7-14-11/h4,12H,5-7H2,1-3H3. The van der Waals surface area contributed by atoms with Crippen molar-refractivity contribution in [3.05, 3.63) is 11.6 Å². The van der Waals surface area contributed by atoms with E-state index < -0.39 is 11.7 Å². The van der Waals surface area contributed by atoms with Gasteiger partial charge >= 0.3 is 6.09 Å². The Bertz CT molecular complexity index is 267. The van der Waals surface area contributed by atoms with Gasteiger partial charge in [-0.3, -0.25) is 4.84 Å². The molecule has 0 saturated heterocycles. The molecule has 1 heterocycles. The SMILES string of the molecule is CC(C)(C)OC(=O)N1CC=C(CO)CO1. The summed E-state index contributed by atoms with van der Waals surface area (Å²) in [5.74, 6) is 0. The number of carbonyl (C=O) groups excluding carboxylic acids is 1. The second kappa shape index (κ2) is 4.63. The van der Waals surface area contributed by atoms with Gasteiger partial charge in [0.2, 0.25) is 0 Å². The van der Waals surface area contributed by atoms with E-state index in [9.17, 15) is 4.79 Å². The Balaban J connectivity index is 2.47. The van der Waals surface area contributed by atoms with Gasteiger partial charge in [0.25, 0.3) is 0 Å². The number of hydrogen-bond acceptors (Lipinski definition) is 4. The topological polar surface area (TPSA) is 59.0 Å². The number of carbonyl (C=O) groups is 1. The van der Waals surface area contributed by atoms with E-state index in [4.69, 9.17) is 14.7 Å². The highest BCUT2D eigenvalue weighted by atomic mass is 16.7. The molecule has 0 spiro atoms. The highest BCUT2D eigenvalue weighted by molar-refractivity contribution is 5.67. The summed E-state index contributed by atoms with van der Waals surface area (Å²) in [5, 5.41) is 9.96. The van der Waals surface area contributed by atoms with Gasteiger partial charge in [-0.1, -0.05) is 6.08 Å². The van der Waals surface area contributed by atoms with E-state index in [-0.39, 0.29) is 13.2 Å². The number of nitrogens with zero attached hydrogens (tertiary/aromatic N) is 1. The molecule has 0 aliphatic carbocycles. The Hall–Kier alpha value is -1.07. The minimum absolute atomic E-state index is 0.0395. The molecule has 0 fully saturated rings. The van der Waals surface area contributed by atoms with E-state index in [1.54, 1.807) is 26.8 Å². The minimum atomic E-state index is -0.526. The molecule has 1 amide bonds.